The zero-order valence-corrected chi connectivity index (χ0v) is 13.0. The van der Waals surface area contributed by atoms with Crippen LogP contribution in [0.5, 0.6) is 0 Å². The molecule has 1 aromatic carbocycles. The molecule has 1 N–H and O–H groups in total. The van der Waals surface area contributed by atoms with Crippen molar-refractivity contribution >= 4 is 22.6 Å². The van der Waals surface area contributed by atoms with Crippen molar-refractivity contribution in [3.05, 3.63) is 48.9 Å². The number of hydrogen-bond acceptors (Lipinski definition) is 2. The SMILES string of the molecule is C=C(/C(C)=C\NC(C)=NC1C2CC21)n1cnc2ccccc21. The second-order valence-electron chi connectivity index (χ2n) is 6.29. The quantitative estimate of drug-likeness (QED) is 0.533. The van der Waals surface area contributed by atoms with Crippen molar-refractivity contribution in [3.63, 3.8) is 0 Å². The molecule has 0 aliphatic heterocycles. The number of rotatable bonds is 4. The zero-order chi connectivity index (χ0) is 15.3. The van der Waals surface area contributed by atoms with Gasteiger partial charge in [0.2, 0.25) is 0 Å². The van der Waals surface area contributed by atoms with Crippen molar-refractivity contribution in [2.45, 2.75) is 26.3 Å². The molecule has 2 unspecified atom stereocenters. The standard InChI is InChI=1S/C18H20N4/c1-11(9-19-13(3)21-18-14-8-15(14)18)12(2)22-10-20-16-6-4-5-7-17(16)22/h4-7,9-10,14-15,18H,2,8H2,1,3H3,(H,19,21)/b11-9-. The Kier molecular flexibility index (Phi) is 2.93. The van der Waals surface area contributed by atoms with Crippen LogP contribution in [0.3, 0.4) is 0 Å². The maximum Gasteiger partial charge on any atom is 0.100 e. The van der Waals surface area contributed by atoms with Gasteiger partial charge in [0, 0.05) is 11.9 Å². The van der Waals surface area contributed by atoms with Crippen LogP contribution < -0.4 is 5.32 Å². The molecule has 2 saturated carbocycles. The maximum atomic E-state index is 4.68. The Morgan fingerprint density at radius 1 is 1.36 bits per heavy atom. The minimum atomic E-state index is 0.599. The van der Waals surface area contributed by atoms with E-state index in [1.807, 2.05) is 49.1 Å². The molecule has 2 fully saturated rings. The summed E-state index contributed by atoms with van der Waals surface area (Å²) in [5, 5.41) is 3.28. The summed E-state index contributed by atoms with van der Waals surface area (Å²) in [6, 6.07) is 8.67. The molecular weight excluding hydrogens is 272 g/mol. The van der Waals surface area contributed by atoms with Gasteiger partial charge in [-0.25, -0.2) is 4.98 Å². The van der Waals surface area contributed by atoms with Gasteiger partial charge in [-0.15, -0.1) is 0 Å². The smallest absolute Gasteiger partial charge is 0.100 e. The highest BCUT2D eigenvalue weighted by atomic mass is 15.1. The average Bonchev–Trinajstić information content (AvgIpc) is 3.40. The number of imidazole rings is 1. The van der Waals surface area contributed by atoms with Crippen molar-refractivity contribution < 1.29 is 0 Å². The van der Waals surface area contributed by atoms with Crippen LogP contribution in [-0.2, 0) is 0 Å². The van der Waals surface area contributed by atoms with E-state index in [2.05, 4.69) is 27.9 Å². The second-order valence-corrected chi connectivity index (χ2v) is 6.29. The lowest BCUT2D eigenvalue weighted by molar-refractivity contribution is 0.756. The Balaban J connectivity index is 1.49. The summed E-state index contributed by atoms with van der Waals surface area (Å²) in [6.45, 7) is 8.26. The van der Waals surface area contributed by atoms with Crippen LogP contribution in [0.25, 0.3) is 16.7 Å². The van der Waals surface area contributed by atoms with E-state index in [-0.39, 0.29) is 0 Å². The fourth-order valence-corrected chi connectivity index (χ4v) is 2.86. The minimum Gasteiger partial charge on any atom is -0.350 e. The zero-order valence-electron chi connectivity index (χ0n) is 13.0. The molecule has 0 spiro atoms. The molecule has 0 saturated heterocycles. The van der Waals surface area contributed by atoms with E-state index in [4.69, 9.17) is 0 Å². The third-order valence-electron chi connectivity index (χ3n) is 4.67. The number of para-hydroxylation sites is 2. The number of aliphatic imine (C=N–C) groups is 1. The molecule has 4 rings (SSSR count). The van der Waals surface area contributed by atoms with Crippen LogP contribution in [0.15, 0.2) is 53.9 Å². The van der Waals surface area contributed by atoms with E-state index in [9.17, 15) is 0 Å². The van der Waals surface area contributed by atoms with Crippen molar-refractivity contribution in [2.75, 3.05) is 0 Å². The van der Waals surface area contributed by atoms with Crippen LogP contribution in [0.2, 0.25) is 0 Å². The Labute approximate surface area is 130 Å². The predicted octanol–water partition coefficient (Wildman–Crippen LogP) is 3.44. The third-order valence-corrected chi connectivity index (χ3v) is 4.67. The van der Waals surface area contributed by atoms with Crippen molar-refractivity contribution in [2.24, 2.45) is 16.8 Å². The van der Waals surface area contributed by atoms with Crippen LogP contribution in [0.1, 0.15) is 20.3 Å². The molecule has 22 heavy (non-hydrogen) atoms. The third kappa shape index (κ3) is 2.25. The minimum absolute atomic E-state index is 0.599. The largest absolute Gasteiger partial charge is 0.350 e. The van der Waals surface area contributed by atoms with Gasteiger partial charge in [0.15, 0.2) is 0 Å². The molecule has 0 amide bonds. The van der Waals surface area contributed by atoms with E-state index < -0.39 is 0 Å². The summed E-state index contributed by atoms with van der Waals surface area (Å²) in [7, 11) is 0. The first kappa shape index (κ1) is 13.3. The lowest BCUT2D eigenvalue weighted by Gasteiger charge is -2.10. The Morgan fingerprint density at radius 2 is 2.14 bits per heavy atom. The van der Waals surface area contributed by atoms with Gasteiger partial charge in [0.25, 0.3) is 0 Å². The Morgan fingerprint density at radius 3 is 2.86 bits per heavy atom. The molecule has 112 valence electrons. The van der Waals surface area contributed by atoms with Gasteiger partial charge in [-0.1, -0.05) is 18.7 Å². The molecule has 2 aromatic rings. The summed E-state index contributed by atoms with van der Waals surface area (Å²) >= 11 is 0. The number of hydrogen-bond donors (Lipinski definition) is 1. The molecule has 0 bridgehead atoms. The van der Waals surface area contributed by atoms with Gasteiger partial charge in [-0.3, -0.25) is 9.56 Å². The molecule has 1 aromatic heterocycles. The highest BCUT2D eigenvalue weighted by Crippen LogP contribution is 2.64. The van der Waals surface area contributed by atoms with Gasteiger partial charge in [-0.05, 0) is 49.8 Å². The summed E-state index contributed by atoms with van der Waals surface area (Å²) < 4.78 is 2.02. The van der Waals surface area contributed by atoms with Gasteiger partial charge in [0.1, 0.15) is 6.33 Å². The van der Waals surface area contributed by atoms with Crippen molar-refractivity contribution in [1.29, 1.82) is 0 Å². The van der Waals surface area contributed by atoms with Crippen LogP contribution in [0.4, 0.5) is 0 Å². The normalized spacial score (nSPS) is 26.7. The summed E-state index contributed by atoms with van der Waals surface area (Å²) in [5.74, 6) is 2.78. The Bertz CT molecular complexity index is 803. The number of nitrogens with one attached hydrogen (secondary N) is 1. The van der Waals surface area contributed by atoms with E-state index in [0.717, 1.165) is 40.0 Å². The first-order chi connectivity index (χ1) is 10.6. The number of nitrogens with zero attached hydrogens (tertiary/aromatic N) is 3. The first-order valence-electron chi connectivity index (χ1n) is 7.74. The van der Waals surface area contributed by atoms with Gasteiger partial charge in [0.05, 0.1) is 22.9 Å². The number of fused-ring (bicyclic) bond motifs is 2. The topological polar surface area (TPSA) is 42.2 Å². The molecule has 2 atom stereocenters. The van der Waals surface area contributed by atoms with E-state index in [1.165, 1.54) is 6.42 Å². The number of aromatic nitrogens is 2. The van der Waals surface area contributed by atoms with Crippen LogP contribution in [0, 0.1) is 11.8 Å². The summed E-state index contributed by atoms with van der Waals surface area (Å²) in [6.07, 6.45) is 5.19. The summed E-state index contributed by atoms with van der Waals surface area (Å²) in [5.41, 5.74) is 4.04. The average molecular weight is 292 g/mol. The second kappa shape index (κ2) is 4.83. The predicted molar refractivity (Wildman–Crippen MR) is 90.4 cm³/mol. The van der Waals surface area contributed by atoms with Gasteiger partial charge < -0.3 is 5.32 Å². The molecule has 2 aliphatic rings. The lowest BCUT2D eigenvalue weighted by atomic mass is 10.2. The van der Waals surface area contributed by atoms with Gasteiger partial charge in [-0.2, -0.15) is 0 Å². The van der Waals surface area contributed by atoms with E-state index in [1.54, 1.807) is 0 Å². The highest BCUT2D eigenvalue weighted by Gasteiger charge is 2.64. The lowest BCUT2D eigenvalue weighted by Crippen LogP contribution is -2.16. The fraction of sp³-hybridized carbons (Fsp3) is 0.333. The van der Waals surface area contributed by atoms with Crippen molar-refractivity contribution in [1.82, 2.24) is 14.9 Å². The fourth-order valence-electron chi connectivity index (χ4n) is 2.86. The van der Waals surface area contributed by atoms with Crippen molar-refractivity contribution in [3.8, 4) is 0 Å². The molecule has 2 aliphatic carbocycles. The first-order valence-corrected chi connectivity index (χ1v) is 7.74. The van der Waals surface area contributed by atoms with E-state index >= 15 is 0 Å². The molecule has 1 heterocycles. The maximum absolute atomic E-state index is 4.68. The molecule has 4 heteroatoms. The van der Waals surface area contributed by atoms with Crippen LogP contribution in [-0.4, -0.2) is 21.4 Å². The molecular formula is C18H20N4. The Hall–Kier alpha value is -2.36. The van der Waals surface area contributed by atoms with Crippen LogP contribution >= 0.6 is 0 Å². The molecule has 4 nitrogen and oxygen atoms in total. The monoisotopic (exact) mass is 292 g/mol. The van der Waals surface area contributed by atoms with Gasteiger partial charge >= 0.3 is 0 Å². The highest BCUT2D eigenvalue weighted by molar-refractivity contribution is 5.83. The number of benzene rings is 1. The molecule has 0 radical (unpaired) electrons. The number of amidine groups is 1. The summed E-state index contributed by atoms with van der Waals surface area (Å²) in [4.78, 5) is 9.08. The van der Waals surface area contributed by atoms with E-state index in [0.29, 0.717) is 6.04 Å². The number of allylic oxidation sites excluding steroid dienone is 2.